The molecule has 1 heterocycles. The zero-order valence-corrected chi connectivity index (χ0v) is 7.64. The van der Waals surface area contributed by atoms with E-state index >= 15 is 0 Å². The summed E-state index contributed by atoms with van der Waals surface area (Å²) >= 11 is 0. The van der Waals surface area contributed by atoms with Crippen molar-refractivity contribution in [2.24, 2.45) is 0 Å². The van der Waals surface area contributed by atoms with Gasteiger partial charge in [-0.2, -0.15) is 13.4 Å². The fourth-order valence-corrected chi connectivity index (χ4v) is 1.07. The number of nitrogens with zero attached hydrogens (tertiary/aromatic N) is 2. The van der Waals surface area contributed by atoms with E-state index < -0.39 is 15.4 Å². The van der Waals surface area contributed by atoms with Gasteiger partial charge in [0, 0.05) is 13.5 Å². The van der Waals surface area contributed by atoms with E-state index in [0.29, 0.717) is 13.0 Å². The van der Waals surface area contributed by atoms with Gasteiger partial charge in [0.15, 0.2) is 0 Å². The lowest BCUT2D eigenvalue weighted by Crippen LogP contribution is -1.97. The summed E-state index contributed by atoms with van der Waals surface area (Å²) < 4.78 is 37.5. The highest BCUT2D eigenvalue weighted by atomic mass is 32.3. The van der Waals surface area contributed by atoms with Gasteiger partial charge in [0.1, 0.15) is 5.82 Å². The molecule has 0 saturated heterocycles. The smallest absolute Gasteiger partial charge is 0.369 e. The van der Waals surface area contributed by atoms with Crippen LogP contribution in [-0.4, -0.2) is 37.3 Å². The van der Waals surface area contributed by atoms with Crippen LogP contribution in [0, 0.1) is 0 Å². The Morgan fingerprint density at radius 3 is 2.77 bits per heavy atom. The minimum absolute atomic E-state index is 0.276. The van der Waals surface area contributed by atoms with Gasteiger partial charge in [-0.1, -0.05) is 3.89 Å². The van der Waals surface area contributed by atoms with Crippen LogP contribution in [0.5, 0.6) is 0 Å². The van der Waals surface area contributed by atoms with E-state index in [9.17, 15) is 12.3 Å². The lowest BCUT2D eigenvalue weighted by molar-refractivity contribution is 0.200. The molecule has 6 nitrogen and oxygen atoms in total. The maximum atomic E-state index is 12.3. The van der Waals surface area contributed by atoms with Crippen LogP contribution in [-0.2, 0) is 21.4 Å². The zero-order valence-electron chi connectivity index (χ0n) is 6.82. The molecule has 0 saturated carbocycles. The number of methoxy groups -OCH3 is 1. The van der Waals surface area contributed by atoms with Crippen molar-refractivity contribution >= 4 is 10.2 Å². The van der Waals surface area contributed by atoms with Crippen LogP contribution in [0.4, 0.5) is 3.89 Å². The third kappa shape index (κ3) is 2.74. The van der Waals surface area contributed by atoms with Gasteiger partial charge >= 0.3 is 10.2 Å². The molecule has 1 N–H and O–H groups in total. The van der Waals surface area contributed by atoms with Crippen molar-refractivity contribution < 1.29 is 17.0 Å². The Hall–Kier alpha value is -1.02. The molecule has 74 valence electrons. The Morgan fingerprint density at radius 2 is 2.31 bits per heavy atom. The molecule has 0 aliphatic carbocycles. The maximum Gasteiger partial charge on any atom is 0.369 e. The lowest BCUT2D eigenvalue weighted by atomic mass is 10.4. The third-order valence-corrected chi connectivity index (χ3v) is 1.89. The van der Waals surface area contributed by atoms with Crippen molar-refractivity contribution in [1.82, 2.24) is 15.2 Å². The van der Waals surface area contributed by atoms with Crippen molar-refractivity contribution in [2.75, 3.05) is 13.7 Å². The summed E-state index contributed by atoms with van der Waals surface area (Å²) in [6.07, 6.45) is 0.360. The van der Waals surface area contributed by atoms with E-state index in [2.05, 4.69) is 15.2 Å². The minimum Gasteiger partial charge on any atom is -0.384 e. The Kier molecular flexibility index (Phi) is 2.94. The van der Waals surface area contributed by atoms with E-state index in [1.807, 2.05) is 0 Å². The molecule has 0 radical (unpaired) electrons. The highest BCUT2D eigenvalue weighted by Gasteiger charge is 2.18. The molecule has 0 spiro atoms. The Labute approximate surface area is 74.3 Å². The van der Waals surface area contributed by atoms with Crippen molar-refractivity contribution in [2.45, 2.75) is 11.6 Å². The quantitative estimate of drug-likeness (QED) is 0.685. The van der Waals surface area contributed by atoms with Gasteiger partial charge in [-0.05, 0) is 0 Å². The summed E-state index contributed by atoms with van der Waals surface area (Å²) in [6, 6.07) is 0. The number of ether oxygens (including phenoxy) is 1. The molecule has 0 atom stereocenters. The second-order valence-electron chi connectivity index (χ2n) is 2.25. The molecular weight excluding hydrogens is 201 g/mol. The van der Waals surface area contributed by atoms with E-state index in [4.69, 9.17) is 4.74 Å². The number of nitrogens with one attached hydrogen (secondary N) is 1. The first kappa shape index (κ1) is 10.1. The van der Waals surface area contributed by atoms with Gasteiger partial charge in [0.2, 0.25) is 0 Å². The normalized spacial score (nSPS) is 11.8. The molecule has 13 heavy (non-hydrogen) atoms. The summed E-state index contributed by atoms with van der Waals surface area (Å²) in [5.74, 6) is 0.276. The predicted octanol–water partition coefficient (Wildman–Crippen LogP) is -0.348. The number of aromatic nitrogens is 3. The van der Waals surface area contributed by atoms with Crippen LogP contribution >= 0.6 is 0 Å². The van der Waals surface area contributed by atoms with E-state index in [1.54, 1.807) is 0 Å². The first-order valence-corrected chi connectivity index (χ1v) is 4.77. The van der Waals surface area contributed by atoms with Crippen LogP contribution in [0.2, 0.25) is 0 Å². The molecule has 0 aliphatic heterocycles. The Balaban J connectivity index is 2.76. The van der Waals surface area contributed by atoms with Gasteiger partial charge < -0.3 is 4.74 Å². The van der Waals surface area contributed by atoms with E-state index in [0.717, 1.165) is 0 Å². The minimum atomic E-state index is -4.80. The fourth-order valence-electron chi connectivity index (χ4n) is 0.697. The number of halogens is 1. The lowest BCUT2D eigenvalue weighted by Gasteiger charge is -1.91. The number of hydrogen-bond donors (Lipinski definition) is 1. The van der Waals surface area contributed by atoms with Gasteiger partial charge in [-0.3, -0.25) is 5.10 Å². The summed E-state index contributed by atoms with van der Waals surface area (Å²) in [5.41, 5.74) is 0. The monoisotopic (exact) mass is 209 g/mol. The van der Waals surface area contributed by atoms with Crippen LogP contribution in [0.3, 0.4) is 0 Å². The second kappa shape index (κ2) is 3.79. The predicted molar refractivity (Wildman–Crippen MR) is 40.3 cm³/mol. The number of H-pyrrole nitrogens is 1. The first-order valence-electron chi connectivity index (χ1n) is 3.39. The molecule has 1 aromatic rings. The topological polar surface area (TPSA) is 84.9 Å². The second-order valence-corrected chi connectivity index (χ2v) is 3.49. The standard InChI is InChI=1S/C5H8FN3O3S/c1-12-3-2-4-7-5(9-8-4)13(6,10)11/h2-3H2,1H3,(H,7,8,9). The highest BCUT2D eigenvalue weighted by molar-refractivity contribution is 7.86. The number of hydrogen-bond acceptors (Lipinski definition) is 5. The molecule has 1 rings (SSSR count). The Morgan fingerprint density at radius 1 is 1.62 bits per heavy atom. The molecule has 0 aliphatic rings. The molecule has 0 fully saturated rings. The van der Waals surface area contributed by atoms with Crippen LogP contribution in [0.1, 0.15) is 5.82 Å². The number of rotatable bonds is 4. The van der Waals surface area contributed by atoms with Crippen molar-refractivity contribution in [1.29, 1.82) is 0 Å². The average molecular weight is 209 g/mol. The van der Waals surface area contributed by atoms with Gasteiger partial charge in [0.25, 0.3) is 5.16 Å². The van der Waals surface area contributed by atoms with Crippen LogP contribution in [0.25, 0.3) is 0 Å². The van der Waals surface area contributed by atoms with E-state index in [-0.39, 0.29) is 5.82 Å². The first-order chi connectivity index (χ1) is 6.04. The van der Waals surface area contributed by atoms with Crippen LogP contribution < -0.4 is 0 Å². The summed E-state index contributed by atoms with van der Waals surface area (Å²) in [6.45, 7) is 0.362. The largest absolute Gasteiger partial charge is 0.384 e. The van der Waals surface area contributed by atoms with Gasteiger partial charge in [0.05, 0.1) is 6.61 Å². The zero-order chi connectivity index (χ0) is 9.90. The van der Waals surface area contributed by atoms with Gasteiger partial charge in [-0.15, -0.1) is 5.10 Å². The van der Waals surface area contributed by atoms with Crippen molar-refractivity contribution in [3.8, 4) is 0 Å². The molecule has 0 aromatic carbocycles. The van der Waals surface area contributed by atoms with Crippen LogP contribution in [0.15, 0.2) is 5.16 Å². The SMILES string of the molecule is COCCc1nc(S(=O)(=O)F)n[nH]1. The van der Waals surface area contributed by atoms with Crippen molar-refractivity contribution in [3.63, 3.8) is 0 Å². The van der Waals surface area contributed by atoms with Crippen molar-refractivity contribution in [3.05, 3.63) is 5.82 Å². The maximum absolute atomic E-state index is 12.3. The number of aromatic amines is 1. The summed E-state index contributed by atoms with van der Waals surface area (Å²) in [5, 5.41) is 4.64. The third-order valence-electron chi connectivity index (χ3n) is 1.27. The molecule has 0 unspecified atom stereocenters. The molecular formula is C5H8FN3O3S. The molecule has 1 aromatic heterocycles. The average Bonchev–Trinajstić information content (AvgIpc) is 2.47. The van der Waals surface area contributed by atoms with Gasteiger partial charge in [-0.25, -0.2) is 0 Å². The summed E-state index contributed by atoms with van der Waals surface area (Å²) in [7, 11) is -3.31. The molecule has 0 amide bonds. The molecule has 8 heteroatoms. The molecule has 0 bridgehead atoms. The summed E-state index contributed by atoms with van der Waals surface area (Å²) in [4.78, 5) is 3.41. The van der Waals surface area contributed by atoms with E-state index in [1.165, 1.54) is 7.11 Å². The Bertz CT molecular complexity index is 374. The highest BCUT2D eigenvalue weighted by Crippen LogP contribution is 2.04. The fraction of sp³-hybridized carbons (Fsp3) is 0.600.